The normalized spacial score (nSPS) is 11.9. The molecule has 0 radical (unpaired) electrons. The van der Waals surface area contributed by atoms with E-state index in [2.05, 4.69) is 15.3 Å². The molecule has 5 nitrogen and oxygen atoms in total. The van der Waals surface area contributed by atoms with E-state index in [0.29, 0.717) is 11.1 Å². The van der Waals surface area contributed by atoms with Gasteiger partial charge in [-0.15, -0.1) is 0 Å². The monoisotopic (exact) mass is 271 g/mol. The lowest BCUT2D eigenvalue weighted by molar-refractivity contribution is 0.0696. The standard InChI is InChI=1S/C15H17N3O2/c1-9-12(15(19)20)5-4-6-13(9)18-11(3)14-10(2)16-7-8-17-14/h4-8,11,18H,1-3H3,(H,19,20). The highest BCUT2D eigenvalue weighted by molar-refractivity contribution is 5.91. The van der Waals surface area contributed by atoms with Crippen molar-refractivity contribution < 1.29 is 9.90 Å². The number of benzene rings is 1. The van der Waals surface area contributed by atoms with Gasteiger partial charge in [-0.3, -0.25) is 9.97 Å². The van der Waals surface area contributed by atoms with E-state index in [4.69, 9.17) is 5.11 Å². The van der Waals surface area contributed by atoms with Gasteiger partial charge in [0.15, 0.2) is 0 Å². The van der Waals surface area contributed by atoms with Crippen LogP contribution in [0.25, 0.3) is 0 Å². The number of carboxylic acids is 1. The Morgan fingerprint density at radius 1 is 1.25 bits per heavy atom. The third-order valence-corrected chi connectivity index (χ3v) is 3.27. The van der Waals surface area contributed by atoms with E-state index < -0.39 is 5.97 Å². The molecule has 1 aromatic carbocycles. The minimum Gasteiger partial charge on any atom is -0.478 e. The number of aryl methyl sites for hydroxylation is 1. The lowest BCUT2D eigenvalue weighted by Crippen LogP contribution is -2.13. The summed E-state index contributed by atoms with van der Waals surface area (Å²) in [5, 5.41) is 12.4. The summed E-state index contributed by atoms with van der Waals surface area (Å²) in [7, 11) is 0. The highest BCUT2D eigenvalue weighted by atomic mass is 16.4. The van der Waals surface area contributed by atoms with Crippen LogP contribution in [0.15, 0.2) is 30.6 Å². The first-order valence-electron chi connectivity index (χ1n) is 6.37. The fraction of sp³-hybridized carbons (Fsp3) is 0.267. The van der Waals surface area contributed by atoms with Crippen LogP contribution in [-0.2, 0) is 0 Å². The molecule has 2 N–H and O–H groups in total. The lowest BCUT2D eigenvalue weighted by Gasteiger charge is -2.18. The van der Waals surface area contributed by atoms with Crippen LogP contribution in [0.5, 0.6) is 0 Å². The molecule has 104 valence electrons. The van der Waals surface area contributed by atoms with Crippen LogP contribution < -0.4 is 5.32 Å². The van der Waals surface area contributed by atoms with Gasteiger partial charge in [0.2, 0.25) is 0 Å². The number of nitrogens with one attached hydrogen (secondary N) is 1. The van der Waals surface area contributed by atoms with Gasteiger partial charge in [0.05, 0.1) is 23.0 Å². The summed E-state index contributed by atoms with van der Waals surface area (Å²) in [4.78, 5) is 19.7. The van der Waals surface area contributed by atoms with E-state index in [1.54, 1.807) is 31.5 Å². The van der Waals surface area contributed by atoms with Crippen molar-refractivity contribution in [3.63, 3.8) is 0 Å². The number of rotatable bonds is 4. The molecule has 2 rings (SSSR count). The van der Waals surface area contributed by atoms with E-state index in [-0.39, 0.29) is 6.04 Å². The Morgan fingerprint density at radius 3 is 2.60 bits per heavy atom. The fourth-order valence-electron chi connectivity index (χ4n) is 2.17. The number of carbonyl (C=O) groups is 1. The molecule has 0 saturated carbocycles. The van der Waals surface area contributed by atoms with Crippen LogP contribution in [0.2, 0.25) is 0 Å². The zero-order valence-corrected chi connectivity index (χ0v) is 11.7. The number of aromatic nitrogens is 2. The number of hydrogen-bond acceptors (Lipinski definition) is 4. The summed E-state index contributed by atoms with van der Waals surface area (Å²) in [5.41, 5.74) is 3.53. The summed E-state index contributed by atoms with van der Waals surface area (Å²) < 4.78 is 0. The maximum Gasteiger partial charge on any atom is 0.336 e. The van der Waals surface area contributed by atoms with E-state index in [1.165, 1.54) is 0 Å². The summed E-state index contributed by atoms with van der Waals surface area (Å²) in [6.07, 6.45) is 3.31. The second kappa shape index (κ2) is 5.69. The average molecular weight is 271 g/mol. The molecule has 0 aliphatic rings. The van der Waals surface area contributed by atoms with Gasteiger partial charge in [-0.05, 0) is 38.5 Å². The Morgan fingerprint density at radius 2 is 1.95 bits per heavy atom. The smallest absolute Gasteiger partial charge is 0.336 e. The number of hydrogen-bond donors (Lipinski definition) is 2. The quantitative estimate of drug-likeness (QED) is 0.894. The molecular formula is C15H17N3O2. The van der Waals surface area contributed by atoms with E-state index >= 15 is 0 Å². The molecule has 0 fully saturated rings. The topological polar surface area (TPSA) is 75.1 Å². The van der Waals surface area contributed by atoms with Crippen molar-refractivity contribution in [2.24, 2.45) is 0 Å². The van der Waals surface area contributed by atoms with E-state index in [0.717, 1.165) is 17.1 Å². The van der Waals surface area contributed by atoms with Gasteiger partial charge in [0.25, 0.3) is 0 Å². The summed E-state index contributed by atoms with van der Waals surface area (Å²) in [6, 6.07) is 5.14. The highest BCUT2D eigenvalue weighted by Gasteiger charge is 2.14. The molecule has 0 bridgehead atoms. The maximum absolute atomic E-state index is 11.1. The third-order valence-electron chi connectivity index (χ3n) is 3.27. The number of carboxylic acid groups (broad SMARTS) is 1. The molecule has 0 saturated heterocycles. The summed E-state index contributed by atoms with van der Waals surface area (Å²) in [5.74, 6) is -0.922. The predicted molar refractivity (Wildman–Crippen MR) is 76.9 cm³/mol. The Bertz CT molecular complexity index is 641. The van der Waals surface area contributed by atoms with Crippen LogP contribution in [-0.4, -0.2) is 21.0 Å². The molecule has 2 aromatic rings. The Kier molecular flexibility index (Phi) is 3.98. The average Bonchev–Trinajstić information content (AvgIpc) is 2.41. The molecule has 0 aliphatic carbocycles. The van der Waals surface area contributed by atoms with Crippen LogP contribution >= 0.6 is 0 Å². The van der Waals surface area contributed by atoms with Crippen LogP contribution in [0.4, 0.5) is 5.69 Å². The van der Waals surface area contributed by atoms with E-state index in [1.807, 2.05) is 19.9 Å². The molecule has 20 heavy (non-hydrogen) atoms. The van der Waals surface area contributed by atoms with Crippen molar-refractivity contribution in [1.29, 1.82) is 0 Å². The van der Waals surface area contributed by atoms with Crippen LogP contribution in [0.1, 0.15) is 40.3 Å². The van der Waals surface area contributed by atoms with Gasteiger partial charge in [-0.2, -0.15) is 0 Å². The largest absolute Gasteiger partial charge is 0.478 e. The number of nitrogens with zero attached hydrogens (tertiary/aromatic N) is 2. The summed E-state index contributed by atoms with van der Waals surface area (Å²) in [6.45, 7) is 5.67. The molecule has 0 amide bonds. The number of aromatic carboxylic acids is 1. The Balaban J connectivity index is 2.29. The second-order valence-electron chi connectivity index (χ2n) is 4.68. The maximum atomic E-state index is 11.1. The molecule has 1 atom stereocenters. The SMILES string of the molecule is Cc1nccnc1C(C)Nc1cccc(C(=O)O)c1C. The van der Waals surface area contributed by atoms with Gasteiger partial charge in [0.1, 0.15) is 0 Å². The first kappa shape index (κ1) is 14.0. The van der Waals surface area contributed by atoms with Gasteiger partial charge in [-0.25, -0.2) is 4.79 Å². The minimum absolute atomic E-state index is 0.0496. The van der Waals surface area contributed by atoms with Crippen molar-refractivity contribution >= 4 is 11.7 Å². The predicted octanol–water partition coefficient (Wildman–Crippen LogP) is 2.96. The van der Waals surface area contributed by atoms with E-state index in [9.17, 15) is 4.79 Å². The highest BCUT2D eigenvalue weighted by Crippen LogP contribution is 2.24. The second-order valence-corrected chi connectivity index (χ2v) is 4.68. The molecule has 1 heterocycles. The van der Waals surface area contributed by atoms with Gasteiger partial charge in [0, 0.05) is 18.1 Å². The first-order valence-corrected chi connectivity index (χ1v) is 6.37. The molecule has 0 spiro atoms. The fourth-order valence-corrected chi connectivity index (χ4v) is 2.17. The van der Waals surface area contributed by atoms with Crippen molar-refractivity contribution in [2.75, 3.05) is 5.32 Å². The lowest BCUT2D eigenvalue weighted by atomic mass is 10.1. The van der Waals surface area contributed by atoms with Crippen molar-refractivity contribution in [3.05, 3.63) is 53.1 Å². The zero-order chi connectivity index (χ0) is 14.7. The van der Waals surface area contributed by atoms with Crippen molar-refractivity contribution in [3.8, 4) is 0 Å². The van der Waals surface area contributed by atoms with Crippen molar-refractivity contribution in [1.82, 2.24) is 9.97 Å². The van der Waals surface area contributed by atoms with Gasteiger partial charge >= 0.3 is 5.97 Å². The first-order chi connectivity index (χ1) is 9.50. The molecule has 1 aromatic heterocycles. The van der Waals surface area contributed by atoms with Crippen molar-refractivity contribution in [2.45, 2.75) is 26.8 Å². The van der Waals surface area contributed by atoms with Gasteiger partial charge in [-0.1, -0.05) is 6.07 Å². The Labute approximate surface area is 117 Å². The zero-order valence-electron chi connectivity index (χ0n) is 11.7. The molecule has 5 heteroatoms. The summed E-state index contributed by atoms with van der Waals surface area (Å²) >= 11 is 0. The minimum atomic E-state index is -0.922. The molecular weight excluding hydrogens is 254 g/mol. The molecule has 0 aliphatic heterocycles. The number of anilines is 1. The van der Waals surface area contributed by atoms with Crippen LogP contribution in [0, 0.1) is 13.8 Å². The Hall–Kier alpha value is -2.43. The third kappa shape index (κ3) is 2.77. The molecule has 1 unspecified atom stereocenters. The van der Waals surface area contributed by atoms with Crippen LogP contribution in [0.3, 0.4) is 0 Å². The van der Waals surface area contributed by atoms with Gasteiger partial charge < -0.3 is 10.4 Å².